The molecule has 0 radical (unpaired) electrons. The van der Waals surface area contributed by atoms with Gasteiger partial charge in [0.15, 0.2) is 22.4 Å². The molecular formula is C43H47FN2O11. The van der Waals surface area contributed by atoms with Crippen molar-refractivity contribution in [2.24, 2.45) is 23.7 Å². The van der Waals surface area contributed by atoms with Crippen molar-refractivity contribution in [2.75, 3.05) is 12.4 Å². The van der Waals surface area contributed by atoms with Gasteiger partial charge in [-0.15, -0.1) is 0 Å². The molecule has 4 bridgehead atoms. The molecule has 1 amide bonds. The highest BCUT2D eigenvalue weighted by Gasteiger charge is 2.43. The lowest BCUT2D eigenvalue weighted by Crippen LogP contribution is -2.38. The Labute approximate surface area is 327 Å². The minimum atomic E-state index is -1.94. The van der Waals surface area contributed by atoms with Crippen molar-refractivity contribution >= 4 is 56.3 Å². The van der Waals surface area contributed by atoms with Crippen LogP contribution in [0.15, 0.2) is 62.3 Å². The van der Waals surface area contributed by atoms with Crippen LogP contribution in [0.1, 0.15) is 66.9 Å². The Morgan fingerprint density at radius 3 is 2.44 bits per heavy atom. The monoisotopic (exact) mass is 786 g/mol. The lowest BCUT2D eigenvalue weighted by molar-refractivity contribution is -0.155. The van der Waals surface area contributed by atoms with Crippen molar-refractivity contribution in [3.63, 3.8) is 0 Å². The van der Waals surface area contributed by atoms with Crippen LogP contribution < -0.4 is 26.1 Å². The second-order valence-electron chi connectivity index (χ2n) is 15.5. The van der Waals surface area contributed by atoms with Gasteiger partial charge < -0.3 is 38.9 Å². The number of hydrogen-bond acceptors (Lipinski definition) is 12. The number of benzene rings is 3. The standard InChI is InChI=1S/C43H47FN2O11/c1-19-11-10-12-21(3)42(52)46-35-37(50)31-30(34-40(35)56-29-18-26(44)17-27(48)33(29)45-34)32-39(24(6)36(31)49)57-43(8,41(32)51)54-14-13-28(53-9)23(5)38(55-25(7)47)22(4)16-20(2)15-19/h10-14,17-20,22-23,28,38,49,51H,15-16H2,1-9H3,(H,46,52)/b11-10+,14-13+,21-12-/t19-,20+,22+,23+,28-,38-,43-/m0/s1. The number of amides is 1. The van der Waals surface area contributed by atoms with Crippen molar-refractivity contribution in [1.29, 1.82) is 0 Å². The number of aliphatic hydroxyl groups is 1. The molecule has 57 heavy (non-hydrogen) atoms. The van der Waals surface area contributed by atoms with Gasteiger partial charge in [0, 0.05) is 55.5 Å². The number of ether oxygens (including phenoxy) is 4. The number of rotatable bonds is 2. The zero-order chi connectivity index (χ0) is 41.7. The minimum absolute atomic E-state index is 0.0510. The number of aromatic nitrogens is 1. The predicted molar refractivity (Wildman–Crippen MR) is 212 cm³/mol. The van der Waals surface area contributed by atoms with Crippen LogP contribution >= 0.6 is 0 Å². The first-order valence-electron chi connectivity index (χ1n) is 18.8. The number of methoxy groups -OCH3 is 1. The first-order chi connectivity index (χ1) is 26.9. The number of aromatic hydroxyl groups is 1. The van der Waals surface area contributed by atoms with Gasteiger partial charge in [0.05, 0.1) is 23.0 Å². The van der Waals surface area contributed by atoms with Crippen LogP contribution in [0, 0.1) is 36.4 Å². The summed E-state index contributed by atoms with van der Waals surface area (Å²) in [6.07, 6.45) is 8.57. The van der Waals surface area contributed by atoms with Crippen molar-refractivity contribution in [3.8, 4) is 11.5 Å². The molecule has 0 unspecified atom stereocenters. The Morgan fingerprint density at radius 1 is 1.04 bits per heavy atom. The molecule has 0 fully saturated rings. The Morgan fingerprint density at radius 2 is 1.75 bits per heavy atom. The van der Waals surface area contributed by atoms with Crippen molar-refractivity contribution in [2.45, 2.75) is 86.2 Å². The van der Waals surface area contributed by atoms with Crippen LogP contribution in [0.25, 0.3) is 38.7 Å². The molecule has 3 heterocycles. The van der Waals surface area contributed by atoms with Crippen molar-refractivity contribution in [1.82, 2.24) is 4.98 Å². The molecule has 0 spiro atoms. The molecule has 0 saturated carbocycles. The Kier molecular flexibility index (Phi) is 11.2. The van der Waals surface area contributed by atoms with Crippen LogP contribution in [0.5, 0.6) is 11.5 Å². The van der Waals surface area contributed by atoms with E-state index >= 15 is 0 Å². The van der Waals surface area contributed by atoms with Crippen molar-refractivity contribution < 1.29 is 47.6 Å². The molecule has 0 saturated heterocycles. The third kappa shape index (κ3) is 7.57. The van der Waals surface area contributed by atoms with E-state index in [9.17, 15) is 33.8 Å². The molecule has 2 aliphatic heterocycles. The molecular weight excluding hydrogens is 739 g/mol. The highest BCUT2D eigenvalue weighted by molar-refractivity contribution is 6.16. The number of fused-ring (bicyclic) bond motifs is 2. The number of hydrogen-bond donors (Lipinski definition) is 3. The Bertz CT molecular complexity index is 2580. The van der Waals surface area contributed by atoms with E-state index in [0.29, 0.717) is 6.07 Å². The number of carbonyl (C=O) groups is 2. The van der Waals surface area contributed by atoms with E-state index in [4.69, 9.17) is 23.4 Å². The maximum Gasteiger partial charge on any atom is 0.307 e. The third-order valence-corrected chi connectivity index (χ3v) is 10.9. The van der Waals surface area contributed by atoms with Gasteiger partial charge in [0.1, 0.15) is 34.6 Å². The number of anilines is 1. The lowest BCUT2D eigenvalue weighted by atomic mass is 9.82. The Balaban J connectivity index is 1.63. The fourth-order valence-corrected chi connectivity index (χ4v) is 8.03. The summed E-state index contributed by atoms with van der Waals surface area (Å²) in [5.74, 6) is -5.18. The molecule has 6 rings (SSSR count). The summed E-state index contributed by atoms with van der Waals surface area (Å²) in [6.45, 7) is 13.9. The molecule has 13 nitrogen and oxygen atoms in total. The summed E-state index contributed by atoms with van der Waals surface area (Å²) < 4.78 is 44.4. The normalized spacial score (nSPS) is 28.1. The van der Waals surface area contributed by atoms with Gasteiger partial charge in [-0.2, -0.15) is 0 Å². The third-order valence-electron chi connectivity index (χ3n) is 10.9. The number of carbonyl (C=O) groups excluding carboxylic acids is 2. The molecule has 3 aromatic carbocycles. The second kappa shape index (κ2) is 15.6. The molecule has 1 aromatic heterocycles. The number of phenols is 1. The van der Waals surface area contributed by atoms with Crippen LogP contribution in [0.2, 0.25) is 0 Å². The smallest absolute Gasteiger partial charge is 0.307 e. The summed E-state index contributed by atoms with van der Waals surface area (Å²) in [4.78, 5) is 57.9. The highest BCUT2D eigenvalue weighted by atomic mass is 19.1. The second-order valence-corrected chi connectivity index (χ2v) is 15.5. The highest BCUT2D eigenvalue weighted by Crippen LogP contribution is 2.42. The lowest BCUT2D eigenvalue weighted by Gasteiger charge is -2.34. The van der Waals surface area contributed by atoms with Gasteiger partial charge in [-0.25, -0.2) is 9.37 Å². The fraction of sp³-hybridized carbons (Fsp3) is 0.419. The number of allylic oxidation sites excluding steroid dienone is 3. The number of nitrogens with one attached hydrogen (secondary N) is 1. The maximum atomic E-state index is 14.5. The molecule has 14 heteroatoms. The van der Waals surface area contributed by atoms with Gasteiger partial charge >= 0.3 is 11.8 Å². The Hall–Kier alpha value is -5.76. The molecule has 2 aliphatic rings. The average molecular weight is 787 g/mol. The average Bonchev–Trinajstić information content (AvgIpc) is 3.40. The zero-order valence-electron chi connectivity index (χ0n) is 33.3. The number of aliphatic hydroxyl groups excluding tert-OH is 1. The van der Waals surface area contributed by atoms with Gasteiger partial charge in [-0.3, -0.25) is 19.2 Å². The maximum absolute atomic E-state index is 14.5. The van der Waals surface area contributed by atoms with E-state index < -0.39 is 63.7 Å². The predicted octanol–water partition coefficient (Wildman–Crippen LogP) is 6.76. The zero-order valence-corrected chi connectivity index (χ0v) is 33.3. The van der Waals surface area contributed by atoms with E-state index in [1.165, 1.54) is 34.1 Å². The first-order valence-corrected chi connectivity index (χ1v) is 18.8. The molecule has 3 N–H and O–H groups in total. The topological polar surface area (TPSA) is 184 Å². The van der Waals surface area contributed by atoms with Crippen LogP contribution in [-0.2, 0) is 23.8 Å². The molecule has 7 atom stereocenters. The van der Waals surface area contributed by atoms with Crippen molar-refractivity contribution in [3.05, 3.63) is 85.3 Å². The summed E-state index contributed by atoms with van der Waals surface area (Å²) in [6, 6.07) is 1.64. The van der Waals surface area contributed by atoms with Gasteiger partial charge in [-0.05, 0) is 50.5 Å². The minimum Gasteiger partial charge on any atom is -0.507 e. The van der Waals surface area contributed by atoms with E-state index in [1.54, 1.807) is 25.2 Å². The number of esters is 1. The largest absolute Gasteiger partial charge is 0.507 e. The van der Waals surface area contributed by atoms with Crippen LogP contribution in [0.4, 0.5) is 10.1 Å². The summed E-state index contributed by atoms with van der Waals surface area (Å²) in [5.41, 5.74) is -3.09. The first kappa shape index (κ1) is 40.9. The van der Waals surface area contributed by atoms with Gasteiger partial charge in [-0.1, -0.05) is 45.9 Å². The van der Waals surface area contributed by atoms with Crippen LogP contribution in [-0.4, -0.2) is 52.2 Å². The van der Waals surface area contributed by atoms with E-state index in [0.717, 1.165) is 18.9 Å². The molecule has 0 aliphatic carbocycles. The quantitative estimate of drug-likeness (QED) is 0.110. The number of halogens is 1. The SMILES string of the molecule is CO[C@H]1/C=C/O[C@@]2(C)Oc3c(C)c(O)c4c(=O)c(c5oc6cc(F)cc(=O)c6nc5c4c3=C2O)NC(=O)/C(C)=C\C=C\[C@H](C)C[C@@H](C)C[C@@H](C)[C@H](OC(C)=O)[C@@H]1C. The summed E-state index contributed by atoms with van der Waals surface area (Å²) >= 11 is 0. The summed E-state index contributed by atoms with van der Waals surface area (Å²) in [7, 11) is 1.51. The fourth-order valence-electron chi connectivity index (χ4n) is 8.03. The summed E-state index contributed by atoms with van der Waals surface area (Å²) in [5, 5.41) is 25.5. The van der Waals surface area contributed by atoms with Gasteiger partial charge in [0.2, 0.25) is 10.9 Å². The molecule has 4 aromatic rings. The number of phenolic OH excluding ortho intramolecular Hbond substituents is 1. The van der Waals surface area contributed by atoms with E-state index in [1.807, 2.05) is 19.9 Å². The van der Waals surface area contributed by atoms with E-state index in [2.05, 4.69) is 24.1 Å². The van der Waals surface area contributed by atoms with Gasteiger partial charge in [0.25, 0.3) is 5.91 Å². The van der Waals surface area contributed by atoms with Crippen LogP contribution in [0.3, 0.4) is 0 Å². The number of nitrogens with zero attached hydrogens (tertiary/aromatic N) is 1. The van der Waals surface area contributed by atoms with E-state index in [-0.39, 0.29) is 78.7 Å². The molecule has 302 valence electrons.